The van der Waals surface area contributed by atoms with Gasteiger partial charge in [-0.25, -0.2) is 19.4 Å². The zero-order valence-electron chi connectivity index (χ0n) is 17.3. The van der Waals surface area contributed by atoms with Crippen molar-refractivity contribution in [3.63, 3.8) is 0 Å². The third-order valence-electron chi connectivity index (χ3n) is 3.96. The number of nitrogens with zero attached hydrogens (tertiary/aromatic N) is 1. The second kappa shape index (κ2) is 10.9. The quantitative estimate of drug-likeness (QED) is 0.354. The van der Waals surface area contributed by atoms with Crippen molar-refractivity contribution in [2.24, 2.45) is 0 Å². The second-order valence-electron chi connectivity index (χ2n) is 6.08. The van der Waals surface area contributed by atoms with Crippen LogP contribution in [-0.4, -0.2) is 48.1 Å². The monoisotopic (exact) mass is 468 g/mol. The number of aromatic nitrogens is 1. The lowest BCUT2D eigenvalue weighted by Crippen LogP contribution is -2.30. The van der Waals surface area contributed by atoms with E-state index in [1.807, 2.05) is 0 Å². The van der Waals surface area contributed by atoms with Gasteiger partial charge in [-0.3, -0.25) is 4.79 Å². The molecule has 31 heavy (non-hydrogen) atoms. The van der Waals surface area contributed by atoms with E-state index in [9.17, 15) is 19.2 Å². The van der Waals surface area contributed by atoms with Gasteiger partial charge in [-0.1, -0.05) is 11.6 Å². The van der Waals surface area contributed by atoms with E-state index in [0.29, 0.717) is 5.56 Å². The van der Waals surface area contributed by atoms with E-state index in [1.54, 1.807) is 20.8 Å². The van der Waals surface area contributed by atoms with Crippen LogP contribution in [0.3, 0.4) is 0 Å². The SMILES string of the molecule is CCOC(=O)c1sc(NC(=O)C(C)OC(=O)c2cccnc2Cl)c(C(=O)OCC)c1C. The number of rotatable bonds is 8. The minimum atomic E-state index is -1.23. The van der Waals surface area contributed by atoms with Gasteiger partial charge in [0.05, 0.1) is 24.3 Å². The Kier molecular flexibility index (Phi) is 8.52. The zero-order valence-corrected chi connectivity index (χ0v) is 18.9. The Bertz CT molecular complexity index is 1010. The first-order valence-corrected chi connectivity index (χ1v) is 10.5. The summed E-state index contributed by atoms with van der Waals surface area (Å²) in [6.07, 6.45) is 0.180. The number of amides is 1. The number of ether oxygens (including phenoxy) is 3. The number of thiophene rings is 1. The molecule has 0 spiro atoms. The largest absolute Gasteiger partial charge is 0.462 e. The molecule has 0 aliphatic heterocycles. The number of halogens is 1. The van der Waals surface area contributed by atoms with Gasteiger partial charge in [0.1, 0.15) is 15.0 Å². The Morgan fingerprint density at radius 3 is 2.39 bits per heavy atom. The van der Waals surface area contributed by atoms with E-state index >= 15 is 0 Å². The van der Waals surface area contributed by atoms with Crippen molar-refractivity contribution < 1.29 is 33.4 Å². The molecule has 1 amide bonds. The molecule has 0 bridgehead atoms. The molecule has 1 N–H and O–H groups in total. The smallest absolute Gasteiger partial charge is 0.348 e. The maximum Gasteiger partial charge on any atom is 0.348 e. The van der Waals surface area contributed by atoms with Crippen LogP contribution in [0.5, 0.6) is 0 Å². The molecule has 166 valence electrons. The van der Waals surface area contributed by atoms with Crippen molar-refractivity contribution in [1.29, 1.82) is 0 Å². The number of hydrogen-bond donors (Lipinski definition) is 1. The molecule has 2 aromatic rings. The Morgan fingerprint density at radius 2 is 1.77 bits per heavy atom. The van der Waals surface area contributed by atoms with Gasteiger partial charge in [-0.15, -0.1) is 11.3 Å². The van der Waals surface area contributed by atoms with E-state index < -0.39 is 29.9 Å². The first kappa shape index (κ1) is 24.3. The summed E-state index contributed by atoms with van der Waals surface area (Å²) < 4.78 is 15.2. The highest BCUT2D eigenvalue weighted by Crippen LogP contribution is 2.34. The summed E-state index contributed by atoms with van der Waals surface area (Å²) in [5, 5.41) is 2.56. The molecule has 0 fully saturated rings. The highest BCUT2D eigenvalue weighted by Gasteiger charge is 2.29. The molecule has 11 heteroatoms. The summed E-state index contributed by atoms with van der Waals surface area (Å²) in [6.45, 7) is 6.45. The molecule has 9 nitrogen and oxygen atoms in total. The molecule has 0 radical (unpaired) electrons. The molecule has 2 aromatic heterocycles. The lowest BCUT2D eigenvalue weighted by molar-refractivity contribution is -0.123. The van der Waals surface area contributed by atoms with Gasteiger partial charge >= 0.3 is 17.9 Å². The Hall–Kier alpha value is -2.98. The number of nitrogens with one attached hydrogen (secondary N) is 1. The highest BCUT2D eigenvalue weighted by molar-refractivity contribution is 7.18. The summed E-state index contributed by atoms with van der Waals surface area (Å²) in [5.74, 6) is -2.87. The normalized spacial score (nSPS) is 11.4. The summed E-state index contributed by atoms with van der Waals surface area (Å²) in [5.41, 5.74) is 0.369. The number of carbonyl (C=O) groups is 4. The Morgan fingerprint density at radius 1 is 1.13 bits per heavy atom. The number of carbonyl (C=O) groups excluding carboxylic acids is 4. The first-order valence-electron chi connectivity index (χ1n) is 9.31. The molecular weight excluding hydrogens is 448 g/mol. The molecule has 2 heterocycles. The Balaban J connectivity index is 2.25. The molecule has 0 aromatic carbocycles. The van der Waals surface area contributed by atoms with Crippen LogP contribution in [0.25, 0.3) is 0 Å². The van der Waals surface area contributed by atoms with Gasteiger partial charge in [0.2, 0.25) is 0 Å². The van der Waals surface area contributed by atoms with Gasteiger partial charge in [0.15, 0.2) is 6.10 Å². The van der Waals surface area contributed by atoms with Gasteiger partial charge in [-0.2, -0.15) is 0 Å². The van der Waals surface area contributed by atoms with Crippen molar-refractivity contribution in [2.45, 2.75) is 33.8 Å². The molecule has 2 rings (SSSR count). The number of pyridine rings is 1. The second-order valence-corrected chi connectivity index (χ2v) is 7.46. The van der Waals surface area contributed by atoms with E-state index in [0.717, 1.165) is 11.3 Å². The average Bonchev–Trinajstić information content (AvgIpc) is 3.04. The van der Waals surface area contributed by atoms with Crippen LogP contribution in [0, 0.1) is 6.92 Å². The molecule has 1 unspecified atom stereocenters. The summed E-state index contributed by atoms with van der Waals surface area (Å²) in [6, 6.07) is 2.92. The minimum Gasteiger partial charge on any atom is -0.462 e. The first-order chi connectivity index (χ1) is 14.7. The number of hydrogen-bond acceptors (Lipinski definition) is 9. The van der Waals surface area contributed by atoms with Crippen LogP contribution < -0.4 is 5.32 Å². The molecule has 0 saturated heterocycles. The van der Waals surface area contributed by atoms with Crippen LogP contribution in [0.1, 0.15) is 56.7 Å². The van der Waals surface area contributed by atoms with Crippen LogP contribution >= 0.6 is 22.9 Å². The van der Waals surface area contributed by atoms with E-state index in [1.165, 1.54) is 25.3 Å². The lowest BCUT2D eigenvalue weighted by atomic mass is 10.1. The van der Waals surface area contributed by atoms with Crippen molar-refractivity contribution in [2.75, 3.05) is 18.5 Å². The van der Waals surface area contributed by atoms with E-state index in [-0.39, 0.29) is 39.4 Å². The standard InChI is InChI=1S/C20H21ClN2O7S/c1-5-28-19(26)13-10(3)14(20(27)29-6-2)31-17(13)23-16(24)11(4)30-18(25)12-8-7-9-22-15(12)21/h7-9,11H,5-6H2,1-4H3,(H,23,24). The van der Waals surface area contributed by atoms with Crippen molar-refractivity contribution >= 4 is 51.8 Å². The van der Waals surface area contributed by atoms with Crippen molar-refractivity contribution in [3.05, 3.63) is 45.1 Å². The van der Waals surface area contributed by atoms with Crippen molar-refractivity contribution in [3.8, 4) is 0 Å². The Labute approximate surface area is 187 Å². The molecule has 1 atom stereocenters. The van der Waals surface area contributed by atoms with Gasteiger partial charge in [0.25, 0.3) is 5.91 Å². The van der Waals surface area contributed by atoms with Crippen LogP contribution in [-0.2, 0) is 19.0 Å². The number of esters is 3. The predicted molar refractivity (Wildman–Crippen MR) is 114 cm³/mol. The van der Waals surface area contributed by atoms with Crippen LogP contribution in [0.2, 0.25) is 5.15 Å². The fourth-order valence-corrected chi connectivity index (χ4v) is 3.76. The zero-order chi connectivity index (χ0) is 23.1. The van der Waals surface area contributed by atoms with Gasteiger partial charge in [-0.05, 0) is 45.4 Å². The summed E-state index contributed by atoms with van der Waals surface area (Å²) in [7, 11) is 0. The average molecular weight is 469 g/mol. The summed E-state index contributed by atoms with van der Waals surface area (Å²) in [4.78, 5) is 53.4. The minimum absolute atomic E-state index is 0.00703. The van der Waals surface area contributed by atoms with Gasteiger partial charge in [0, 0.05) is 6.20 Å². The van der Waals surface area contributed by atoms with E-state index in [4.69, 9.17) is 25.8 Å². The molecular formula is C20H21ClN2O7S. The fourth-order valence-electron chi connectivity index (χ4n) is 2.47. The van der Waals surface area contributed by atoms with Crippen molar-refractivity contribution in [1.82, 2.24) is 4.98 Å². The summed E-state index contributed by atoms with van der Waals surface area (Å²) >= 11 is 6.74. The fraction of sp³-hybridized carbons (Fsp3) is 0.350. The predicted octanol–water partition coefficient (Wildman–Crippen LogP) is 3.64. The lowest BCUT2D eigenvalue weighted by Gasteiger charge is -2.14. The molecule has 0 aliphatic rings. The third-order valence-corrected chi connectivity index (χ3v) is 5.44. The maximum absolute atomic E-state index is 12.6. The van der Waals surface area contributed by atoms with E-state index in [2.05, 4.69) is 10.3 Å². The number of anilines is 1. The van der Waals surface area contributed by atoms with Crippen LogP contribution in [0.4, 0.5) is 5.00 Å². The third kappa shape index (κ3) is 5.80. The van der Waals surface area contributed by atoms with Gasteiger partial charge < -0.3 is 19.5 Å². The molecule has 0 aliphatic carbocycles. The topological polar surface area (TPSA) is 121 Å². The van der Waals surface area contributed by atoms with Crippen LogP contribution in [0.15, 0.2) is 18.3 Å². The highest BCUT2D eigenvalue weighted by atomic mass is 35.5. The maximum atomic E-state index is 12.6. The molecule has 0 saturated carbocycles.